The van der Waals surface area contributed by atoms with Crippen LogP contribution in [0.4, 0.5) is 5.13 Å². The minimum atomic E-state index is -3.76. The molecule has 0 spiro atoms. The molecule has 2 fully saturated rings. The van der Waals surface area contributed by atoms with Crippen molar-refractivity contribution in [1.29, 1.82) is 0 Å². The number of hydrogen-bond acceptors (Lipinski definition) is 8. The number of morpholine rings is 1. The quantitative estimate of drug-likeness (QED) is 0.385. The van der Waals surface area contributed by atoms with E-state index in [9.17, 15) is 13.2 Å². The zero-order valence-electron chi connectivity index (χ0n) is 20.8. The fourth-order valence-electron chi connectivity index (χ4n) is 4.93. The lowest BCUT2D eigenvalue weighted by molar-refractivity contribution is -0.123. The van der Waals surface area contributed by atoms with Gasteiger partial charge in [0.05, 0.1) is 28.5 Å². The first-order valence-electron chi connectivity index (χ1n) is 12.6. The van der Waals surface area contributed by atoms with Crippen molar-refractivity contribution < 1.29 is 17.9 Å². The van der Waals surface area contributed by atoms with Gasteiger partial charge in [0.1, 0.15) is 10.3 Å². The van der Waals surface area contributed by atoms with E-state index < -0.39 is 16.1 Å². The van der Waals surface area contributed by atoms with Gasteiger partial charge in [-0.05, 0) is 49.3 Å². The molecule has 2 aliphatic rings. The van der Waals surface area contributed by atoms with E-state index in [-0.39, 0.29) is 10.1 Å². The highest BCUT2D eigenvalue weighted by atomic mass is 35.5. The second kappa shape index (κ2) is 11.6. The van der Waals surface area contributed by atoms with Crippen LogP contribution in [0.5, 0.6) is 0 Å². The van der Waals surface area contributed by atoms with Gasteiger partial charge in [-0.2, -0.15) is 4.31 Å². The Bertz CT molecular complexity index is 1300. The third-order valence-corrected chi connectivity index (χ3v) is 11.8. The summed E-state index contributed by atoms with van der Waals surface area (Å²) in [5.41, 5.74) is 1.77. The number of nitrogens with zero attached hydrogens (tertiary/aromatic N) is 4. The van der Waals surface area contributed by atoms with E-state index in [1.807, 2.05) is 19.1 Å². The monoisotopic (exact) mass is 582 g/mol. The third kappa shape index (κ3) is 5.73. The van der Waals surface area contributed by atoms with Crippen LogP contribution in [0.15, 0.2) is 33.9 Å². The SMILES string of the molecule is Cc1ccc(Cl)c2sc(N(CCCN3CCOCC3)C(=O)C3CCCCN3S(=O)(=O)c3cccs3)nc12. The van der Waals surface area contributed by atoms with E-state index in [1.165, 1.54) is 27.0 Å². The van der Waals surface area contributed by atoms with E-state index in [2.05, 4.69) is 4.90 Å². The van der Waals surface area contributed by atoms with Crippen molar-refractivity contribution in [2.75, 3.05) is 50.8 Å². The van der Waals surface area contributed by atoms with Crippen molar-refractivity contribution in [3.63, 3.8) is 0 Å². The summed E-state index contributed by atoms with van der Waals surface area (Å²) in [7, 11) is -3.76. The summed E-state index contributed by atoms with van der Waals surface area (Å²) >= 11 is 9.06. The number of anilines is 1. The van der Waals surface area contributed by atoms with Crippen molar-refractivity contribution in [3.05, 3.63) is 40.2 Å². The molecule has 2 aliphatic heterocycles. The molecule has 1 aromatic carbocycles. The van der Waals surface area contributed by atoms with Gasteiger partial charge in [-0.25, -0.2) is 13.4 Å². The van der Waals surface area contributed by atoms with Crippen molar-refractivity contribution in [1.82, 2.24) is 14.2 Å². The maximum Gasteiger partial charge on any atom is 0.253 e. The van der Waals surface area contributed by atoms with Gasteiger partial charge >= 0.3 is 0 Å². The molecule has 12 heteroatoms. The minimum Gasteiger partial charge on any atom is -0.379 e. The van der Waals surface area contributed by atoms with Crippen LogP contribution < -0.4 is 4.90 Å². The normalized spacial score (nSPS) is 19.9. The molecule has 2 aromatic heterocycles. The molecule has 0 aliphatic carbocycles. The van der Waals surface area contributed by atoms with E-state index in [0.29, 0.717) is 29.7 Å². The van der Waals surface area contributed by atoms with E-state index >= 15 is 0 Å². The Hall–Kier alpha value is -1.60. The van der Waals surface area contributed by atoms with Crippen LogP contribution in [0.3, 0.4) is 0 Å². The summed E-state index contributed by atoms with van der Waals surface area (Å²) in [4.78, 5) is 23.0. The fourth-order valence-corrected chi connectivity index (χ4v) is 9.05. The Morgan fingerprint density at radius 3 is 2.76 bits per heavy atom. The van der Waals surface area contributed by atoms with Gasteiger partial charge in [-0.3, -0.25) is 14.6 Å². The molecule has 8 nitrogen and oxygen atoms in total. The standard InChI is InChI=1S/C25H31ClN4O4S3/c1-18-8-9-19(26)23-22(18)27-25(36-23)29(11-5-10-28-13-15-34-16-14-28)24(31)20-6-2-3-12-30(20)37(32,33)21-7-4-17-35-21/h4,7-9,17,20H,2-3,5-6,10-16H2,1H3. The van der Waals surface area contributed by atoms with Gasteiger partial charge in [0.15, 0.2) is 5.13 Å². The Morgan fingerprint density at radius 1 is 1.22 bits per heavy atom. The van der Waals surface area contributed by atoms with E-state index in [4.69, 9.17) is 21.3 Å². The molecule has 0 saturated carbocycles. The Morgan fingerprint density at radius 2 is 2.03 bits per heavy atom. The molecule has 4 heterocycles. The average Bonchev–Trinajstić information content (AvgIpc) is 3.61. The Labute approximate surface area is 230 Å². The first-order valence-corrected chi connectivity index (χ1v) is 16.1. The van der Waals surface area contributed by atoms with Crippen LogP contribution >= 0.6 is 34.3 Å². The number of carbonyl (C=O) groups excluding carboxylic acids is 1. The number of thiophene rings is 1. The third-order valence-electron chi connectivity index (χ3n) is 6.94. The van der Waals surface area contributed by atoms with E-state index in [1.54, 1.807) is 22.4 Å². The number of piperidine rings is 1. The number of halogens is 1. The lowest BCUT2D eigenvalue weighted by atomic mass is 10.0. The van der Waals surface area contributed by atoms with Crippen LogP contribution in [-0.4, -0.2) is 80.5 Å². The number of carbonyl (C=O) groups is 1. The van der Waals surface area contributed by atoms with Crippen molar-refractivity contribution in [2.24, 2.45) is 0 Å². The highest BCUT2D eigenvalue weighted by molar-refractivity contribution is 7.91. The smallest absolute Gasteiger partial charge is 0.253 e. The number of rotatable bonds is 8. The van der Waals surface area contributed by atoms with Gasteiger partial charge in [-0.15, -0.1) is 11.3 Å². The van der Waals surface area contributed by atoms with Crippen LogP contribution in [-0.2, 0) is 19.6 Å². The average molecular weight is 583 g/mol. The number of amides is 1. The zero-order chi connectivity index (χ0) is 26.0. The predicted molar refractivity (Wildman–Crippen MR) is 149 cm³/mol. The van der Waals surface area contributed by atoms with Crippen molar-refractivity contribution >= 4 is 65.6 Å². The molecule has 3 aromatic rings. The second-order valence-corrected chi connectivity index (χ2v) is 13.8. The fraction of sp³-hybridized carbons (Fsp3) is 0.520. The van der Waals surface area contributed by atoms with Crippen LogP contribution in [0, 0.1) is 6.92 Å². The summed E-state index contributed by atoms with van der Waals surface area (Å²) < 4.78 is 35.0. The molecule has 1 atom stereocenters. The number of benzene rings is 1. The summed E-state index contributed by atoms with van der Waals surface area (Å²) in [5.74, 6) is -0.213. The molecular weight excluding hydrogens is 552 g/mol. The van der Waals surface area contributed by atoms with Crippen molar-refractivity contribution in [2.45, 2.75) is 42.9 Å². The number of aromatic nitrogens is 1. The first kappa shape index (κ1) is 27.0. The molecule has 200 valence electrons. The molecule has 1 amide bonds. The number of fused-ring (bicyclic) bond motifs is 1. The van der Waals surface area contributed by atoms with E-state index in [0.717, 1.165) is 67.9 Å². The van der Waals surface area contributed by atoms with Gasteiger partial charge in [0.2, 0.25) is 5.91 Å². The largest absolute Gasteiger partial charge is 0.379 e. The molecule has 0 N–H and O–H groups in total. The zero-order valence-corrected chi connectivity index (χ0v) is 24.0. The minimum absolute atomic E-state index is 0.213. The maximum absolute atomic E-state index is 14.2. The summed E-state index contributed by atoms with van der Waals surface area (Å²) in [6.07, 6.45) is 2.79. The summed E-state index contributed by atoms with van der Waals surface area (Å²) in [6, 6.07) is 6.35. The molecule has 1 unspecified atom stereocenters. The molecule has 0 bridgehead atoms. The first-order chi connectivity index (χ1) is 17.9. The predicted octanol–water partition coefficient (Wildman–Crippen LogP) is 4.62. The second-order valence-electron chi connectivity index (χ2n) is 9.40. The lowest BCUT2D eigenvalue weighted by Crippen LogP contribution is -2.53. The van der Waals surface area contributed by atoms with Gasteiger partial charge in [0.25, 0.3) is 10.0 Å². The van der Waals surface area contributed by atoms with Crippen molar-refractivity contribution in [3.8, 4) is 0 Å². The highest BCUT2D eigenvalue weighted by Crippen LogP contribution is 2.37. The van der Waals surface area contributed by atoms with Crippen LogP contribution in [0.1, 0.15) is 31.2 Å². The van der Waals surface area contributed by atoms with Gasteiger partial charge < -0.3 is 4.74 Å². The summed E-state index contributed by atoms with van der Waals surface area (Å²) in [5, 5.41) is 2.92. The molecular formula is C25H31ClN4O4S3. The molecule has 0 radical (unpaired) electrons. The van der Waals surface area contributed by atoms with Crippen LogP contribution in [0.2, 0.25) is 5.02 Å². The number of ether oxygens (including phenoxy) is 1. The topological polar surface area (TPSA) is 83.0 Å². The number of thiazole rings is 1. The number of aryl methyl sites for hydroxylation is 1. The molecule has 37 heavy (non-hydrogen) atoms. The van der Waals surface area contributed by atoms with Crippen LogP contribution in [0.25, 0.3) is 10.2 Å². The number of sulfonamides is 1. The Balaban J connectivity index is 1.45. The maximum atomic E-state index is 14.2. The Kier molecular flexibility index (Phi) is 8.49. The molecule has 5 rings (SSSR count). The summed E-state index contributed by atoms with van der Waals surface area (Å²) in [6.45, 7) is 6.78. The highest BCUT2D eigenvalue weighted by Gasteiger charge is 2.40. The molecule has 2 saturated heterocycles. The van der Waals surface area contributed by atoms with Gasteiger partial charge in [-0.1, -0.05) is 41.5 Å². The van der Waals surface area contributed by atoms with Gasteiger partial charge in [0, 0.05) is 32.7 Å². The number of hydrogen-bond donors (Lipinski definition) is 0. The lowest BCUT2D eigenvalue weighted by Gasteiger charge is -2.36.